The number of aryl methyl sites for hydroxylation is 2. The lowest BCUT2D eigenvalue weighted by Crippen LogP contribution is -2.41. The van der Waals surface area contributed by atoms with Gasteiger partial charge in [0.25, 0.3) is 5.91 Å². The van der Waals surface area contributed by atoms with Crippen LogP contribution in [0.4, 0.5) is 0 Å². The minimum Gasteiger partial charge on any atom is -0.395 e. The van der Waals surface area contributed by atoms with Crippen LogP contribution < -0.4 is 5.32 Å². The first-order valence-electron chi connectivity index (χ1n) is 6.28. The van der Waals surface area contributed by atoms with Crippen molar-refractivity contribution in [2.24, 2.45) is 0 Å². The summed E-state index contributed by atoms with van der Waals surface area (Å²) in [5.74, 6) is 0.473. The maximum atomic E-state index is 12.4. The Morgan fingerprint density at radius 1 is 1.35 bits per heavy atom. The smallest absolute Gasteiger partial charge is 0.256 e. The number of nitrogens with one attached hydrogen (secondary N) is 1. The summed E-state index contributed by atoms with van der Waals surface area (Å²) in [6, 6.07) is -0.127. The average Bonchev–Trinajstić information content (AvgIpc) is 2.38. The van der Waals surface area contributed by atoms with Crippen LogP contribution in [0.3, 0.4) is 0 Å². The molecule has 2 atom stereocenters. The SMILES string of the molecule is CSc1nc(C)nc(C)c1C(=O)NC(C)C(CO)SC. The van der Waals surface area contributed by atoms with Gasteiger partial charge in [-0.3, -0.25) is 4.79 Å². The Bertz CT molecular complexity index is 479. The van der Waals surface area contributed by atoms with E-state index in [0.29, 0.717) is 22.1 Å². The highest BCUT2D eigenvalue weighted by Gasteiger charge is 2.22. The fourth-order valence-corrected chi connectivity index (χ4v) is 3.19. The van der Waals surface area contributed by atoms with Gasteiger partial charge in [0, 0.05) is 11.3 Å². The van der Waals surface area contributed by atoms with Crippen molar-refractivity contribution in [2.75, 3.05) is 19.1 Å². The van der Waals surface area contributed by atoms with Crippen molar-refractivity contribution in [2.45, 2.75) is 37.1 Å². The van der Waals surface area contributed by atoms with E-state index >= 15 is 0 Å². The van der Waals surface area contributed by atoms with Gasteiger partial charge in [-0.15, -0.1) is 11.8 Å². The summed E-state index contributed by atoms with van der Waals surface area (Å²) >= 11 is 2.96. The number of aromatic nitrogens is 2. The van der Waals surface area contributed by atoms with Gasteiger partial charge in [0.1, 0.15) is 10.9 Å². The summed E-state index contributed by atoms with van der Waals surface area (Å²) in [5.41, 5.74) is 1.20. The number of nitrogens with zero attached hydrogens (tertiary/aromatic N) is 2. The summed E-state index contributed by atoms with van der Waals surface area (Å²) in [6.07, 6.45) is 3.80. The van der Waals surface area contributed by atoms with Gasteiger partial charge in [-0.05, 0) is 33.3 Å². The maximum Gasteiger partial charge on any atom is 0.256 e. The molecule has 2 N–H and O–H groups in total. The van der Waals surface area contributed by atoms with Crippen LogP contribution in [0.5, 0.6) is 0 Å². The van der Waals surface area contributed by atoms with Crippen LogP contribution in [0.2, 0.25) is 0 Å². The molecule has 2 unspecified atom stereocenters. The molecule has 0 aromatic carbocycles. The second-order valence-electron chi connectivity index (χ2n) is 4.46. The highest BCUT2D eigenvalue weighted by Crippen LogP contribution is 2.21. The Hall–Kier alpha value is -0.790. The number of aliphatic hydroxyl groups is 1. The summed E-state index contributed by atoms with van der Waals surface area (Å²) in [5, 5.41) is 12.9. The molecule has 0 radical (unpaired) electrons. The number of aliphatic hydroxyl groups excluding tert-OH is 1. The zero-order chi connectivity index (χ0) is 15.3. The molecule has 0 aliphatic carbocycles. The number of amides is 1. The highest BCUT2D eigenvalue weighted by atomic mass is 32.2. The molecule has 0 saturated carbocycles. The number of hydrogen-bond donors (Lipinski definition) is 2. The minimum atomic E-state index is -0.188. The molecule has 1 heterocycles. The predicted octanol–water partition coefficient (Wildman–Crippen LogP) is 1.66. The first kappa shape index (κ1) is 17.3. The number of thioether (sulfide) groups is 2. The second-order valence-corrected chi connectivity index (χ2v) is 6.33. The second kappa shape index (κ2) is 7.85. The Labute approximate surface area is 128 Å². The van der Waals surface area contributed by atoms with Crippen molar-refractivity contribution in [3.8, 4) is 0 Å². The zero-order valence-electron chi connectivity index (χ0n) is 12.4. The van der Waals surface area contributed by atoms with Crippen LogP contribution in [-0.4, -0.2) is 51.4 Å². The number of carbonyl (C=O) groups excluding carboxylic acids is 1. The lowest BCUT2D eigenvalue weighted by molar-refractivity contribution is 0.0931. The molecule has 0 aliphatic rings. The molecule has 1 rings (SSSR count). The third-order valence-corrected chi connectivity index (χ3v) is 4.83. The lowest BCUT2D eigenvalue weighted by Gasteiger charge is -2.22. The molecule has 0 aliphatic heterocycles. The van der Waals surface area contributed by atoms with E-state index < -0.39 is 0 Å². The monoisotopic (exact) mass is 315 g/mol. The highest BCUT2D eigenvalue weighted by molar-refractivity contribution is 7.99. The van der Waals surface area contributed by atoms with Crippen molar-refractivity contribution in [3.05, 3.63) is 17.1 Å². The fourth-order valence-electron chi connectivity index (χ4n) is 1.90. The van der Waals surface area contributed by atoms with Gasteiger partial charge in [-0.25, -0.2) is 9.97 Å². The van der Waals surface area contributed by atoms with Crippen LogP contribution in [0.15, 0.2) is 5.03 Å². The van der Waals surface area contributed by atoms with Crippen molar-refractivity contribution in [1.82, 2.24) is 15.3 Å². The molecular formula is C13H21N3O2S2. The van der Waals surface area contributed by atoms with Crippen molar-refractivity contribution in [3.63, 3.8) is 0 Å². The van der Waals surface area contributed by atoms with Crippen LogP contribution in [0.1, 0.15) is 28.8 Å². The largest absolute Gasteiger partial charge is 0.395 e. The van der Waals surface area contributed by atoms with E-state index in [0.717, 1.165) is 0 Å². The normalized spacial score (nSPS) is 13.9. The number of rotatable bonds is 6. The van der Waals surface area contributed by atoms with Gasteiger partial charge in [0.15, 0.2) is 0 Å². The van der Waals surface area contributed by atoms with Crippen LogP contribution in [0, 0.1) is 13.8 Å². The van der Waals surface area contributed by atoms with E-state index in [1.54, 1.807) is 0 Å². The van der Waals surface area contributed by atoms with Gasteiger partial charge in [0.05, 0.1) is 17.9 Å². The van der Waals surface area contributed by atoms with Crippen LogP contribution in [0.25, 0.3) is 0 Å². The molecule has 0 bridgehead atoms. The van der Waals surface area contributed by atoms with Crippen LogP contribution in [-0.2, 0) is 0 Å². The molecule has 112 valence electrons. The van der Waals surface area contributed by atoms with Gasteiger partial charge < -0.3 is 10.4 Å². The van der Waals surface area contributed by atoms with Crippen molar-refractivity contribution < 1.29 is 9.90 Å². The van der Waals surface area contributed by atoms with E-state index in [1.807, 2.05) is 33.3 Å². The van der Waals surface area contributed by atoms with E-state index in [2.05, 4.69) is 15.3 Å². The average molecular weight is 315 g/mol. The quantitative estimate of drug-likeness (QED) is 0.614. The Morgan fingerprint density at radius 2 is 2.00 bits per heavy atom. The third-order valence-electron chi connectivity index (χ3n) is 2.99. The molecular weight excluding hydrogens is 294 g/mol. The molecule has 0 fully saturated rings. The summed E-state index contributed by atoms with van der Waals surface area (Å²) in [4.78, 5) is 21.0. The fraction of sp³-hybridized carbons (Fsp3) is 0.615. The Balaban J connectivity index is 2.98. The topological polar surface area (TPSA) is 75.1 Å². The molecule has 0 saturated heterocycles. The predicted molar refractivity (Wildman–Crippen MR) is 84.6 cm³/mol. The summed E-state index contributed by atoms with van der Waals surface area (Å²) < 4.78 is 0. The van der Waals surface area contributed by atoms with Gasteiger partial charge in [-0.2, -0.15) is 11.8 Å². The lowest BCUT2D eigenvalue weighted by atomic mass is 10.2. The number of hydrogen-bond acceptors (Lipinski definition) is 6. The Kier molecular flexibility index (Phi) is 6.78. The van der Waals surface area contributed by atoms with Gasteiger partial charge >= 0.3 is 0 Å². The molecule has 7 heteroatoms. The molecule has 5 nitrogen and oxygen atoms in total. The molecule has 1 aromatic heterocycles. The number of carbonyl (C=O) groups is 1. The van der Waals surface area contributed by atoms with Crippen molar-refractivity contribution >= 4 is 29.4 Å². The standard InChI is InChI=1S/C13H21N3O2S2/c1-7(10(6-17)19-4)15-12(18)11-8(2)14-9(3)16-13(11)20-5/h7,10,17H,6H2,1-5H3,(H,15,18). The molecule has 1 amide bonds. The van der Waals surface area contributed by atoms with E-state index in [9.17, 15) is 9.90 Å². The maximum absolute atomic E-state index is 12.4. The van der Waals surface area contributed by atoms with E-state index in [4.69, 9.17) is 0 Å². The van der Waals surface area contributed by atoms with E-state index in [1.165, 1.54) is 23.5 Å². The molecule has 20 heavy (non-hydrogen) atoms. The first-order valence-corrected chi connectivity index (χ1v) is 8.79. The molecule has 1 aromatic rings. The first-order chi connectivity index (χ1) is 9.44. The molecule has 0 spiro atoms. The third kappa shape index (κ3) is 4.10. The van der Waals surface area contributed by atoms with E-state index in [-0.39, 0.29) is 23.8 Å². The van der Waals surface area contributed by atoms with Crippen LogP contribution >= 0.6 is 23.5 Å². The minimum absolute atomic E-state index is 0.0247. The van der Waals surface area contributed by atoms with Gasteiger partial charge in [0.2, 0.25) is 0 Å². The Morgan fingerprint density at radius 3 is 2.50 bits per heavy atom. The summed E-state index contributed by atoms with van der Waals surface area (Å²) in [6.45, 7) is 5.54. The van der Waals surface area contributed by atoms with Gasteiger partial charge in [-0.1, -0.05) is 0 Å². The summed E-state index contributed by atoms with van der Waals surface area (Å²) in [7, 11) is 0. The zero-order valence-corrected chi connectivity index (χ0v) is 14.1. The van der Waals surface area contributed by atoms with Crippen molar-refractivity contribution in [1.29, 1.82) is 0 Å².